The molecule has 3 unspecified atom stereocenters. The lowest BCUT2D eigenvalue weighted by Gasteiger charge is -2.39. The van der Waals surface area contributed by atoms with Gasteiger partial charge >= 0.3 is 0 Å². The molecule has 4 nitrogen and oxygen atoms in total. The largest absolute Gasteiger partial charge is 0.354 e. The third-order valence-electron chi connectivity index (χ3n) is 4.23. The Morgan fingerprint density at radius 1 is 1.37 bits per heavy atom. The Bertz CT molecular complexity index is 436. The molecule has 0 radical (unpaired) electrons. The molecule has 108 valence electrons. The summed E-state index contributed by atoms with van der Waals surface area (Å²) in [5, 5.41) is 4.62. The lowest BCUT2D eigenvalue weighted by atomic mass is 9.94. The van der Waals surface area contributed by atoms with Crippen molar-refractivity contribution in [2.24, 2.45) is 18.7 Å². The lowest BCUT2D eigenvalue weighted by Crippen LogP contribution is -2.42. The highest BCUT2D eigenvalue weighted by atomic mass is 15.4. The maximum atomic E-state index is 6.01. The predicted molar refractivity (Wildman–Crippen MR) is 80.5 cm³/mol. The van der Waals surface area contributed by atoms with Gasteiger partial charge < -0.3 is 10.6 Å². The molecule has 1 aliphatic heterocycles. The van der Waals surface area contributed by atoms with Gasteiger partial charge in [0.15, 0.2) is 0 Å². The molecule has 0 bridgehead atoms. The van der Waals surface area contributed by atoms with Gasteiger partial charge in [0, 0.05) is 31.2 Å². The van der Waals surface area contributed by atoms with Crippen LogP contribution in [0.3, 0.4) is 0 Å². The summed E-state index contributed by atoms with van der Waals surface area (Å²) >= 11 is 0. The molecule has 1 aromatic rings. The van der Waals surface area contributed by atoms with Crippen LogP contribution in [0.5, 0.6) is 0 Å². The van der Waals surface area contributed by atoms with E-state index in [4.69, 9.17) is 5.73 Å². The van der Waals surface area contributed by atoms with Crippen LogP contribution in [0.1, 0.15) is 44.9 Å². The molecule has 2 heterocycles. The zero-order valence-electron chi connectivity index (χ0n) is 13.0. The zero-order valence-corrected chi connectivity index (χ0v) is 13.0. The monoisotopic (exact) mass is 264 g/mol. The molecule has 1 fully saturated rings. The molecule has 1 aliphatic rings. The van der Waals surface area contributed by atoms with Gasteiger partial charge in [0.05, 0.1) is 5.69 Å². The Morgan fingerprint density at radius 2 is 2.05 bits per heavy atom. The van der Waals surface area contributed by atoms with E-state index >= 15 is 0 Å². The zero-order chi connectivity index (χ0) is 14.2. The maximum Gasteiger partial charge on any atom is 0.130 e. The second kappa shape index (κ2) is 5.53. The summed E-state index contributed by atoms with van der Waals surface area (Å²) in [5.41, 5.74) is 8.46. The summed E-state index contributed by atoms with van der Waals surface area (Å²) in [6.07, 6.45) is 3.51. The number of rotatable bonds is 3. The fourth-order valence-electron chi connectivity index (χ4n) is 3.19. The molecule has 19 heavy (non-hydrogen) atoms. The van der Waals surface area contributed by atoms with Gasteiger partial charge in [-0.25, -0.2) is 0 Å². The van der Waals surface area contributed by atoms with Gasteiger partial charge in [0.25, 0.3) is 0 Å². The lowest BCUT2D eigenvalue weighted by molar-refractivity contribution is 0.383. The predicted octanol–water partition coefficient (Wildman–Crippen LogP) is 2.24. The number of nitrogens with two attached hydrogens (primary N) is 1. The van der Waals surface area contributed by atoms with Crippen LogP contribution in [0.15, 0.2) is 0 Å². The van der Waals surface area contributed by atoms with E-state index in [1.165, 1.54) is 24.2 Å². The van der Waals surface area contributed by atoms with Gasteiger partial charge in [-0.2, -0.15) is 5.10 Å². The van der Waals surface area contributed by atoms with E-state index in [0.717, 1.165) is 24.6 Å². The van der Waals surface area contributed by atoms with Crippen molar-refractivity contribution in [2.75, 3.05) is 11.4 Å². The first-order valence-electron chi connectivity index (χ1n) is 7.44. The van der Waals surface area contributed by atoms with E-state index in [-0.39, 0.29) is 6.04 Å². The molecule has 3 atom stereocenters. The standard InChI is InChI=1S/C15H28N4/c1-10-6-7-12(3)19(9-10)15-14(8-11(2)16)13(4)17-18(15)5/h10-12H,6-9,16H2,1-5H3. The van der Waals surface area contributed by atoms with Gasteiger partial charge in [-0.05, 0) is 46.0 Å². The molecule has 0 aromatic carbocycles. The Morgan fingerprint density at radius 3 is 2.68 bits per heavy atom. The van der Waals surface area contributed by atoms with Crippen molar-refractivity contribution in [2.45, 2.75) is 59.0 Å². The maximum absolute atomic E-state index is 6.01. The van der Waals surface area contributed by atoms with E-state index in [2.05, 4.69) is 44.7 Å². The topological polar surface area (TPSA) is 47.1 Å². The van der Waals surface area contributed by atoms with Crippen LogP contribution >= 0.6 is 0 Å². The van der Waals surface area contributed by atoms with E-state index in [1.807, 2.05) is 4.68 Å². The summed E-state index contributed by atoms with van der Waals surface area (Å²) in [6.45, 7) is 9.96. The van der Waals surface area contributed by atoms with Crippen molar-refractivity contribution in [1.82, 2.24) is 9.78 Å². The Kier molecular flexibility index (Phi) is 4.19. The molecule has 0 amide bonds. The van der Waals surface area contributed by atoms with Crippen molar-refractivity contribution in [3.63, 3.8) is 0 Å². The van der Waals surface area contributed by atoms with Crippen molar-refractivity contribution < 1.29 is 0 Å². The minimum absolute atomic E-state index is 0.180. The van der Waals surface area contributed by atoms with Crippen molar-refractivity contribution in [1.29, 1.82) is 0 Å². The molecule has 4 heteroatoms. The molecule has 2 N–H and O–H groups in total. The van der Waals surface area contributed by atoms with Crippen LogP contribution in [0, 0.1) is 12.8 Å². The number of anilines is 1. The summed E-state index contributed by atoms with van der Waals surface area (Å²) < 4.78 is 2.04. The van der Waals surface area contributed by atoms with Gasteiger partial charge in [-0.15, -0.1) is 0 Å². The van der Waals surface area contributed by atoms with Gasteiger partial charge in [0.2, 0.25) is 0 Å². The average molecular weight is 264 g/mol. The molecule has 0 saturated carbocycles. The number of hydrogen-bond donors (Lipinski definition) is 1. The minimum atomic E-state index is 0.180. The smallest absolute Gasteiger partial charge is 0.130 e. The number of nitrogens with zero attached hydrogens (tertiary/aromatic N) is 3. The summed E-state index contributed by atoms with van der Waals surface area (Å²) in [6, 6.07) is 0.775. The first-order valence-corrected chi connectivity index (χ1v) is 7.44. The highest BCUT2D eigenvalue weighted by molar-refractivity contribution is 5.51. The molecular weight excluding hydrogens is 236 g/mol. The molecule has 2 rings (SSSR count). The van der Waals surface area contributed by atoms with Crippen LogP contribution in [-0.2, 0) is 13.5 Å². The third kappa shape index (κ3) is 2.94. The fourth-order valence-corrected chi connectivity index (χ4v) is 3.19. The van der Waals surface area contributed by atoms with Gasteiger partial charge in [-0.1, -0.05) is 6.92 Å². The normalized spacial score (nSPS) is 25.7. The molecular formula is C15H28N4. The van der Waals surface area contributed by atoms with E-state index in [0.29, 0.717) is 6.04 Å². The van der Waals surface area contributed by atoms with Gasteiger partial charge in [0.1, 0.15) is 5.82 Å². The number of aryl methyl sites for hydroxylation is 2. The van der Waals surface area contributed by atoms with Crippen molar-refractivity contribution in [3.05, 3.63) is 11.3 Å². The summed E-state index contributed by atoms with van der Waals surface area (Å²) in [5.74, 6) is 2.04. The first kappa shape index (κ1) is 14.4. The molecule has 1 saturated heterocycles. The Labute approximate surface area is 117 Å². The van der Waals surface area contributed by atoms with Crippen molar-refractivity contribution >= 4 is 5.82 Å². The van der Waals surface area contributed by atoms with Crippen LogP contribution < -0.4 is 10.6 Å². The van der Waals surface area contributed by atoms with Crippen LogP contribution in [0.25, 0.3) is 0 Å². The quantitative estimate of drug-likeness (QED) is 0.911. The van der Waals surface area contributed by atoms with E-state index < -0.39 is 0 Å². The van der Waals surface area contributed by atoms with E-state index in [1.54, 1.807) is 0 Å². The van der Waals surface area contributed by atoms with Gasteiger partial charge in [-0.3, -0.25) is 4.68 Å². The van der Waals surface area contributed by atoms with Crippen LogP contribution in [-0.4, -0.2) is 28.4 Å². The molecule has 0 aliphatic carbocycles. The molecule has 0 spiro atoms. The Hall–Kier alpha value is -1.03. The van der Waals surface area contributed by atoms with Crippen molar-refractivity contribution in [3.8, 4) is 0 Å². The second-order valence-electron chi connectivity index (χ2n) is 6.38. The van der Waals surface area contributed by atoms with E-state index in [9.17, 15) is 0 Å². The minimum Gasteiger partial charge on any atom is -0.354 e. The molecule has 1 aromatic heterocycles. The number of hydrogen-bond acceptors (Lipinski definition) is 3. The third-order valence-corrected chi connectivity index (χ3v) is 4.23. The second-order valence-corrected chi connectivity index (χ2v) is 6.38. The Balaban J connectivity index is 2.36. The highest BCUT2D eigenvalue weighted by Gasteiger charge is 2.28. The average Bonchev–Trinajstić information content (AvgIpc) is 2.57. The van der Waals surface area contributed by atoms with Crippen LogP contribution in [0.4, 0.5) is 5.82 Å². The summed E-state index contributed by atoms with van der Waals surface area (Å²) in [7, 11) is 2.05. The van der Waals surface area contributed by atoms with Crippen LogP contribution in [0.2, 0.25) is 0 Å². The number of piperidine rings is 1. The number of aromatic nitrogens is 2. The highest BCUT2D eigenvalue weighted by Crippen LogP contribution is 2.31. The first-order chi connectivity index (χ1) is 8.90. The SMILES string of the molecule is Cc1nn(C)c(N2CC(C)CCC2C)c1CC(C)N. The fraction of sp³-hybridized carbons (Fsp3) is 0.800. The summed E-state index contributed by atoms with van der Waals surface area (Å²) in [4.78, 5) is 2.53.